The minimum absolute atomic E-state index is 0.0892. The van der Waals surface area contributed by atoms with Crippen LogP contribution in [-0.2, 0) is 9.59 Å². The molecule has 0 aliphatic carbocycles. The van der Waals surface area contributed by atoms with E-state index < -0.39 is 0 Å². The Morgan fingerprint density at radius 3 is 2.04 bits per heavy atom. The van der Waals surface area contributed by atoms with Crippen molar-refractivity contribution < 1.29 is 14.3 Å². The summed E-state index contributed by atoms with van der Waals surface area (Å²) in [5.74, 6) is 1.04. The second kappa shape index (κ2) is 9.27. The standard InChI is InChI=1S/C18H27N3O3/c1-19(2)10-8-17(22)20-11-13-21(14-12-20)18(23)9-15-24-16-6-4-3-5-7-16/h3-7H,8-15H2,1-2H3. The summed E-state index contributed by atoms with van der Waals surface area (Å²) in [6, 6.07) is 9.50. The Bertz CT molecular complexity index is 526. The van der Waals surface area contributed by atoms with E-state index in [9.17, 15) is 9.59 Å². The second-order valence-electron chi connectivity index (χ2n) is 6.23. The number of benzene rings is 1. The third-order valence-corrected chi connectivity index (χ3v) is 4.09. The lowest BCUT2D eigenvalue weighted by Crippen LogP contribution is -2.51. The SMILES string of the molecule is CN(C)CCC(=O)N1CCN(C(=O)CCOc2ccccc2)CC1. The molecule has 0 spiro atoms. The van der Waals surface area contributed by atoms with Crippen LogP contribution in [0.1, 0.15) is 12.8 Å². The molecule has 1 saturated heterocycles. The van der Waals surface area contributed by atoms with Gasteiger partial charge in [-0.15, -0.1) is 0 Å². The van der Waals surface area contributed by atoms with Crippen molar-refractivity contribution in [3.05, 3.63) is 30.3 Å². The van der Waals surface area contributed by atoms with E-state index in [1.54, 1.807) is 0 Å². The predicted molar refractivity (Wildman–Crippen MR) is 92.9 cm³/mol. The lowest BCUT2D eigenvalue weighted by molar-refractivity contribution is -0.140. The maximum atomic E-state index is 12.2. The lowest BCUT2D eigenvalue weighted by atomic mass is 10.2. The van der Waals surface area contributed by atoms with Crippen molar-refractivity contribution in [1.29, 1.82) is 0 Å². The van der Waals surface area contributed by atoms with Crippen molar-refractivity contribution >= 4 is 11.8 Å². The van der Waals surface area contributed by atoms with Crippen molar-refractivity contribution in [2.24, 2.45) is 0 Å². The Labute approximate surface area is 144 Å². The zero-order valence-electron chi connectivity index (χ0n) is 14.6. The first kappa shape index (κ1) is 18.3. The number of hydrogen-bond acceptors (Lipinski definition) is 4. The van der Waals surface area contributed by atoms with Gasteiger partial charge in [0.25, 0.3) is 0 Å². The summed E-state index contributed by atoms with van der Waals surface area (Å²) in [7, 11) is 3.92. The molecule has 0 aromatic heterocycles. The number of carbonyl (C=O) groups is 2. The van der Waals surface area contributed by atoms with E-state index >= 15 is 0 Å². The number of ether oxygens (including phenoxy) is 1. The fourth-order valence-electron chi connectivity index (χ4n) is 2.61. The van der Waals surface area contributed by atoms with Crippen molar-refractivity contribution in [2.75, 3.05) is 53.4 Å². The van der Waals surface area contributed by atoms with E-state index in [-0.39, 0.29) is 11.8 Å². The molecule has 132 valence electrons. The van der Waals surface area contributed by atoms with Crippen molar-refractivity contribution in [2.45, 2.75) is 12.8 Å². The van der Waals surface area contributed by atoms with Crippen LogP contribution in [0.25, 0.3) is 0 Å². The third kappa shape index (κ3) is 5.85. The van der Waals surface area contributed by atoms with E-state index in [1.807, 2.05) is 59.1 Å². The predicted octanol–water partition coefficient (Wildman–Crippen LogP) is 1.08. The zero-order chi connectivity index (χ0) is 17.4. The van der Waals surface area contributed by atoms with Crippen molar-refractivity contribution in [3.8, 4) is 5.75 Å². The van der Waals surface area contributed by atoms with Gasteiger partial charge in [0.15, 0.2) is 0 Å². The topological polar surface area (TPSA) is 53.1 Å². The van der Waals surface area contributed by atoms with E-state index in [0.29, 0.717) is 45.6 Å². The third-order valence-electron chi connectivity index (χ3n) is 4.09. The molecule has 1 aromatic carbocycles. The van der Waals surface area contributed by atoms with Gasteiger partial charge in [0.2, 0.25) is 11.8 Å². The molecule has 0 atom stereocenters. The van der Waals surface area contributed by atoms with E-state index in [2.05, 4.69) is 0 Å². The van der Waals surface area contributed by atoms with E-state index in [1.165, 1.54) is 0 Å². The second-order valence-corrected chi connectivity index (χ2v) is 6.23. The summed E-state index contributed by atoms with van der Waals surface area (Å²) in [6.07, 6.45) is 0.898. The Morgan fingerprint density at radius 2 is 1.50 bits per heavy atom. The van der Waals surface area contributed by atoms with Crippen LogP contribution >= 0.6 is 0 Å². The van der Waals surface area contributed by atoms with E-state index in [0.717, 1.165) is 12.3 Å². The number of nitrogens with zero attached hydrogens (tertiary/aromatic N) is 3. The number of amides is 2. The molecule has 0 N–H and O–H groups in total. The highest BCUT2D eigenvalue weighted by molar-refractivity contribution is 5.78. The van der Waals surface area contributed by atoms with Gasteiger partial charge in [0, 0.05) is 39.1 Å². The molecule has 24 heavy (non-hydrogen) atoms. The maximum Gasteiger partial charge on any atom is 0.226 e. The molecule has 1 aromatic rings. The number of rotatable bonds is 7. The Hall–Kier alpha value is -2.08. The van der Waals surface area contributed by atoms with E-state index in [4.69, 9.17) is 4.74 Å². The van der Waals surface area contributed by atoms with Crippen LogP contribution in [0.2, 0.25) is 0 Å². The van der Waals surface area contributed by atoms with Gasteiger partial charge in [-0.3, -0.25) is 9.59 Å². The summed E-state index contributed by atoms with van der Waals surface area (Å²) in [5, 5.41) is 0. The van der Waals surface area contributed by atoms with Gasteiger partial charge in [-0.05, 0) is 26.2 Å². The number of hydrogen-bond donors (Lipinski definition) is 0. The summed E-state index contributed by atoms with van der Waals surface area (Å²) in [5.41, 5.74) is 0. The molecule has 0 saturated carbocycles. The summed E-state index contributed by atoms with van der Waals surface area (Å²) >= 11 is 0. The molecule has 0 radical (unpaired) electrons. The first-order valence-electron chi connectivity index (χ1n) is 8.44. The fraction of sp³-hybridized carbons (Fsp3) is 0.556. The van der Waals surface area contributed by atoms with Crippen molar-refractivity contribution in [3.63, 3.8) is 0 Å². The summed E-state index contributed by atoms with van der Waals surface area (Å²) < 4.78 is 5.56. The minimum atomic E-state index is 0.0892. The molecule has 2 rings (SSSR count). The lowest BCUT2D eigenvalue weighted by Gasteiger charge is -2.35. The van der Waals surface area contributed by atoms with Crippen LogP contribution in [0.15, 0.2) is 30.3 Å². The number of carbonyl (C=O) groups excluding carboxylic acids is 2. The van der Waals surface area contributed by atoms with Crippen LogP contribution in [0.3, 0.4) is 0 Å². The number of piperazine rings is 1. The minimum Gasteiger partial charge on any atom is -0.493 e. The highest BCUT2D eigenvalue weighted by Crippen LogP contribution is 2.10. The average Bonchev–Trinajstić information content (AvgIpc) is 2.60. The molecular formula is C18H27N3O3. The molecule has 1 fully saturated rings. The van der Waals surface area contributed by atoms with Gasteiger partial charge < -0.3 is 19.4 Å². The van der Waals surface area contributed by atoms with Gasteiger partial charge in [0.1, 0.15) is 5.75 Å². The highest BCUT2D eigenvalue weighted by Gasteiger charge is 2.23. The van der Waals surface area contributed by atoms with Gasteiger partial charge in [-0.1, -0.05) is 18.2 Å². The molecule has 0 bridgehead atoms. The van der Waals surface area contributed by atoms with Crippen LogP contribution < -0.4 is 4.74 Å². The van der Waals surface area contributed by atoms with Gasteiger partial charge in [-0.2, -0.15) is 0 Å². The zero-order valence-corrected chi connectivity index (χ0v) is 14.6. The first-order chi connectivity index (χ1) is 11.6. The Kier molecular flexibility index (Phi) is 7.06. The molecule has 2 amide bonds. The smallest absolute Gasteiger partial charge is 0.226 e. The molecular weight excluding hydrogens is 306 g/mol. The van der Waals surface area contributed by atoms with Gasteiger partial charge >= 0.3 is 0 Å². The van der Waals surface area contributed by atoms with Crippen molar-refractivity contribution in [1.82, 2.24) is 14.7 Å². The van der Waals surface area contributed by atoms with Crippen LogP contribution in [0, 0.1) is 0 Å². The monoisotopic (exact) mass is 333 g/mol. The van der Waals surface area contributed by atoms with Crippen LogP contribution in [-0.4, -0.2) is 79.9 Å². The molecule has 0 unspecified atom stereocenters. The highest BCUT2D eigenvalue weighted by atomic mass is 16.5. The molecule has 6 heteroatoms. The van der Waals surface area contributed by atoms with Crippen LogP contribution in [0.5, 0.6) is 5.75 Å². The first-order valence-corrected chi connectivity index (χ1v) is 8.44. The Balaban J connectivity index is 1.66. The largest absolute Gasteiger partial charge is 0.493 e. The summed E-state index contributed by atoms with van der Waals surface area (Å²) in [6.45, 7) is 3.60. The molecule has 1 heterocycles. The Morgan fingerprint density at radius 1 is 0.958 bits per heavy atom. The normalized spacial score (nSPS) is 14.8. The molecule has 1 aliphatic rings. The summed E-state index contributed by atoms with van der Waals surface area (Å²) in [4.78, 5) is 30.0. The van der Waals surface area contributed by atoms with Gasteiger partial charge in [-0.25, -0.2) is 0 Å². The fourth-order valence-corrected chi connectivity index (χ4v) is 2.61. The average molecular weight is 333 g/mol. The molecule has 1 aliphatic heterocycles. The van der Waals surface area contributed by atoms with Gasteiger partial charge in [0.05, 0.1) is 13.0 Å². The number of para-hydroxylation sites is 1. The maximum absolute atomic E-state index is 12.2. The molecule has 6 nitrogen and oxygen atoms in total. The quantitative estimate of drug-likeness (QED) is 0.749. The van der Waals surface area contributed by atoms with Crippen LogP contribution in [0.4, 0.5) is 0 Å².